The number of guanidine groups is 1. The van der Waals surface area contributed by atoms with E-state index in [0.29, 0.717) is 6.54 Å². The van der Waals surface area contributed by atoms with Crippen LogP contribution >= 0.6 is 11.8 Å². The van der Waals surface area contributed by atoms with Gasteiger partial charge in [0.15, 0.2) is 5.96 Å². The Morgan fingerprint density at radius 1 is 1.43 bits per heavy atom. The normalized spacial score (nSPS) is 9.71. The number of nitrogens with zero attached hydrogens (tertiary/aromatic N) is 3. The van der Waals surface area contributed by atoms with Crippen LogP contribution in [-0.4, -0.2) is 28.2 Å². The van der Waals surface area contributed by atoms with Gasteiger partial charge in [-0.05, 0) is 0 Å². The van der Waals surface area contributed by atoms with Gasteiger partial charge in [0, 0.05) is 30.1 Å². The van der Waals surface area contributed by atoms with Gasteiger partial charge in [0.2, 0.25) is 0 Å². The number of aliphatic imine (C=N–C) groups is 1. The summed E-state index contributed by atoms with van der Waals surface area (Å²) in [7, 11) is 0. The lowest BCUT2D eigenvalue weighted by Gasteiger charge is -1.98. The quantitative estimate of drug-likeness (QED) is 0.406. The van der Waals surface area contributed by atoms with Crippen LogP contribution in [0.25, 0.3) is 0 Å². The number of hydrogen-bond donors (Lipinski definition) is 2. The van der Waals surface area contributed by atoms with E-state index in [9.17, 15) is 0 Å². The van der Waals surface area contributed by atoms with Crippen molar-refractivity contribution >= 4 is 17.7 Å². The van der Waals surface area contributed by atoms with E-state index in [1.807, 2.05) is 0 Å². The average Bonchev–Trinajstić information content (AvgIpc) is 2.18. The van der Waals surface area contributed by atoms with Crippen molar-refractivity contribution in [3.05, 3.63) is 24.3 Å². The van der Waals surface area contributed by atoms with E-state index in [1.165, 1.54) is 0 Å². The minimum Gasteiger partial charge on any atom is -0.370 e. The zero-order chi connectivity index (χ0) is 10.2. The molecule has 4 N–H and O–H groups in total. The van der Waals surface area contributed by atoms with Crippen molar-refractivity contribution in [2.24, 2.45) is 16.5 Å². The lowest BCUT2D eigenvalue weighted by molar-refractivity contribution is 1.09. The lowest BCUT2D eigenvalue weighted by atomic mass is 10.5. The van der Waals surface area contributed by atoms with Gasteiger partial charge in [-0.25, -0.2) is 0 Å². The molecule has 0 saturated heterocycles. The predicted octanol–water partition coefficient (Wildman–Crippen LogP) is -0.0168. The highest BCUT2D eigenvalue weighted by atomic mass is 32.2. The van der Waals surface area contributed by atoms with Crippen molar-refractivity contribution in [3.63, 3.8) is 0 Å². The lowest BCUT2D eigenvalue weighted by Crippen LogP contribution is -2.23. The molecule has 0 aliphatic heterocycles. The highest BCUT2D eigenvalue weighted by Crippen LogP contribution is 2.07. The molecule has 0 atom stereocenters. The predicted molar refractivity (Wildman–Crippen MR) is 58.9 cm³/mol. The van der Waals surface area contributed by atoms with Crippen molar-refractivity contribution in [2.75, 3.05) is 12.3 Å². The SMILES string of the molecule is NC(N)=NCCSCc1cnccn1. The summed E-state index contributed by atoms with van der Waals surface area (Å²) in [4.78, 5) is 12.0. The Kier molecular flexibility index (Phi) is 4.77. The van der Waals surface area contributed by atoms with Gasteiger partial charge in [0.05, 0.1) is 12.2 Å². The van der Waals surface area contributed by atoms with E-state index < -0.39 is 0 Å². The molecule has 6 heteroatoms. The van der Waals surface area contributed by atoms with Crippen LogP contribution in [0, 0.1) is 0 Å². The standard InChI is InChI=1S/C8H13N5S/c9-8(10)13-3-4-14-6-7-5-11-1-2-12-7/h1-2,5H,3-4,6H2,(H4,9,10,13). The van der Waals surface area contributed by atoms with Crippen molar-refractivity contribution in [1.82, 2.24) is 9.97 Å². The molecule has 0 aliphatic rings. The number of rotatable bonds is 5. The van der Waals surface area contributed by atoms with Crippen LogP contribution in [0.3, 0.4) is 0 Å². The molecule has 0 unspecified atom stereocenters. The van der Waals surface area contributed by atoms with Crippen molar-refractivity contribution in [3.8, 4) is 0 Å². The van der Waals surface area contributed by atoms with E-state index in [-0.39, 0.29) is 5.96 Å². The van der Waals surface area contributed by atoms with Gasteiger partial charge in [-0.3, -0.25) is 15.0 Å². The summed E-state index contributed by atoms with van der Waals surface area (Å²) in [5, 5.41) is 0. The monoisotopic (exact) mass is 211 g/mol. The molecule has 0 amide bonds. The number of aromatic nitrogens is 2. The topological polar surface area (TPSA) is 90.2 Å². The molecule has 1 heterocycles. The molecular weight excluding hydrogens is 198 g/mol. The Morgan fingerprint density at radius 2 is 2.29 bits per heavy atom. The Balaban J connectivity index is 2.14. The maximum Gasteiger partial charge on any atom is 0.185 e. The summed E-state index contributed by atoms with van der Waals surface area (Å²) in [5.41, 5.74) is 11.3. The van der Waals surface area contributed by atoms with Gasteiger partial charge in [-0.2, -0.15) is 11.8 Å². The summed E-state index contributed by atoms with van der Waals surface area (Å²) in [6.45, 7) is 0.646. The Labute approximate surface area is 87.0 Å². The van der Waals surface area contributed by atoms with Crippen LogP contribution < -0.4 is 11.5 Å². The number of thioether (sulfide) groups is 1. The van der Waals surface area contributed by atoms with Crippen LogP contribution in [0.1, 0.15) is 5.69 Å². The van der Waals surface area contributed by atoms with Crippen LogP contribution in [0.5, 0.6) is 0 Å². The molecule has 0 aliphatic carbocycles. The molecule has 0 bridgehead atoms. The molecule has 14 heavy (non-hydrogen) atoms. The van der Waals surface area contributed by atoms with Gasteiger partial charge < -0.3 is 11.5 Å². The first-order valence-corrected chi connectivity index (χ1v) is 5.32. The summed E-state index contributed by atoms with van der Waals surface area (Å²) >= 11 is 1.73. The maximum atomic E-state index is 5.18. The smallest absolute Gasteiger partial charge is 0.185 e. The highest BCUT2D eigenvalue weighted by Gasteiger charge is 1.93. The van der Waals surface area contributed by atoms with Crippen LogP contribution in [0.2, 0.25) is 0 Å². The zero-order valence-electron chi connectivity index (χ0n) is 7.76. The Hall–Kier alpha value is -1.30. The average molecular weight is 211 g/mol. The second-order valence-electron chi connectivity index (χ2n) is 2.56. The first kappa shape index (κ1) is 10.8. The van der Waals surface area contributed by atoms with Crippen molar-refractivity contribution in [1.29, 1.82) is 0 Å². The molecule has 76 valence electrons. The summed E-state index contributed by atoms with van der Waals surface area (Å²) in [6, 6.07) is 0. The van der Waals surface area contributed by atoms with Gasteiger partial charge in [-0.1, -0.05) is 0 Å². The van der Waals surface area contributed by atoms with Gasteiger partial charge in [0.1, 0.15) is 0 Å². The molecule has 1 rings (SSSR count). The summed E-state index contributed by atoms with van der Waals surface area (Å²) in [6.07, 6.45) is 5.10. The van der Waals surface area contributed by atoms with Gasteiger partial charge in [-0.15, -0.1) is 0 Å². The molecule has 0 spiro atoms. The molecule has 0 saturated carbocycles. The fourth-order valence-electron chi connectivity index (χ4n) is 0.821. The van der Waals surface area contributed by atoms with Crippen molar-refractivity contribution in [2.45, 2.75) is 5.75 Å². The minimum absolute atomic E-state index is 0.144. The molecular formula is C8H13N5S. The third kappa shape index (κ3) is 4.66. The number of nitrogens with two attached hydrogens (primary N) is 2. The van der Waals surface area contributed by atoms with Crippen LogP contribution in [0.4, 0.5) is 0 Å². The van der Waals surface area contributed by atoms with E-state index in [0.717, 1.165) is 17.2 Å². The van der Waals surface area contributed by atoms with Gasteiger partial charge in [0.25, 0.3) is 0 Å². The fourth-order valence-corrected chi connectivity index (χ4v) is 1.54. The first-order chi connectivity index (χ1) is 6.79. The van der Waals surface area contributed by atoms with Gasteiger partial charge >= 0.3 is 0 Å². The molecule has 0 fully saturated rings. The second kappa shape index (κ2) is 6.20. The van der Waals surface area contributed by atoms with E-state index in [2.05, 4.69) is 15.0 Å². The third-order valence-electron chi connectivity index (χ3n) is 1.40. The Morgan fingerprint density at radius 3 is 2.93 bits per heavy atom. The molecule has 5 nitrogen and oxygen atoms in total. The largest absolute Gasteiger partial charge is 0.370 e. The first-order valence-electron chi connectivity index (χ1n) is 4.17. The Bertz CT molecular complexity index is 283. The molecule has 0 radical (unpaired) electrons. The highest BCUT2D eigenvalue weighted by molar-refractivity contribution is 7.98. The summed E-state index contributed by atoms with van der Waals surface area (Å²) < 4.78 is 0. The summed E-state index contributed by atoms with van der Waals surface area (Å²) in [5.74, 6) is 1.87. The van der Waals surface area contributed by atoms with Crippen LogP contribution in [-0.2, 0) is 5.75 Å². The third-order valence-corrected chi connectivity index (χ3v) is 2.37. The van der Waals surface area contributed by atoms with Crippen LogP contribution in [0.15, 0.2) is 23.6 Å². The molecule has 0 aromatic carbocycles. The fraction of sp³-hybridized carbons (Fsp3) is 0.375. The van der Waals surface area contributed by atoms with Crippen molar-refractivity contribution < 1.29 is 0 Å². The van der Waals surface area contributed by atoms with E-state index in [1.54, 1.807) is 30.4 Å². The molecule has 1 aromatic heterocycles. The zero-order valence-corrected chi connectivity index (χ0v) is 8.57. The second-order valence-corrected chi connectivity index (χ2v) is 3.66. The number of hydrogen-bond acceptors (Lipinski definition) is 4. The molecule has 1 aromatic rings. The van der Waals surface area contributed by atoms with E-state index in [4.69, 9.17) is 11.5 Å². The maximum absolute atomic E-state index is 5.18. The minimum atomic E-state index is 0.144. The van der Waals surface area contributed by atoms with E-state index >= 15 is 0 Å².